The van der Waals surface area contributed by atoms with E-state index >= 15 is 0 Å². The number of hydrogen-bond donors (Lipinski definition) is 0. The van der Waals surface area contributed by atoms with Crippen molar-refractivity contribution in [3.05, 3.63) is 28.7 Å². The molecule has 2 heterocycles. The Balaban J connectivity index is 2.60. The molecule has 114 valence electrons. The monoisotopic (exact) mass is 332 g/mol. The maximum Gasteiger partial charge on any atom is 0.296 e. The molecule has 0 radical (unpaired) electrons. The molecule has 0 saturated carbocycles. The third-order valence-electron chi connectivity index (χ3n) is 2.82. The topological polar surface area (TPSA) is 96.1 Å². The van der Waals surface area contributed by atoms with E-state index in [1.165, 1.54) is 22.3 Å². The van der Waals surface area contributed by atoms with Gasteiger partial charge in [-0.05, 0) is 6.07 Å². The van der Waals surface area contributed by atoms with Crippen molar-refractivity contribution in [1.29, 1.82) is 0 Å². The summed E-state index contributed by atoms with van der Waals surface area (Å²) in [5, 5.41) is 7.04. The molecule has 0 saturated heterocycles. The second-order valence-corrected chi connectivity index (χ2v) is 6.71. The molecule has 0 atom stereocenters. The minimum atomic E-state index is -4.05. The number of halogens is 1. The molecule has 0 spiro atoms. The van der Waals surface area contributed by atoms with Gasteiger partial charge in [-0.15, -0.1) is 10.2 Å². The van der Waals surface area contributed by atoms with Crippen LogP contribution >= 0.6 is 10.7 Å². The van der Waals surface area contributed by atoms with Gasteiger partial charge in [0.15, 0.2) is 5.82 Å². The minimum absolute atomic E-state index is 0.190. The van der Waals surface area contributed by atoms with Crippen molar-refractivity contribution in [1.82, 2.24) is 19.3 Å². The van der Waals surface area contributed by atoms with Gasteiger partial charge in [0.05, 0.1) is 13.2 Å². The average molecular weight is 333 g/mol. The van der Waals surface area contributed by atoms with Crippen LogP contribution in [-0.2, 0) is 27.4 Å². The number of pyridine rings is 1. The van der Waals surface area contributed by atoms with Crippen molar-refractivity contribution in [2.75, 3.05) is 13.7 Å². The van der Waals surface area contributed by atoms with E-state index in [-0.39, 0.29) is 29.7 Å². The van der Waals surface area contributed by atoms with E-state index in [0.29, 0.717) is 5.56 Å². The van der Waals surface area contributed by atoms with Crippen LogP contribution in [0.25, 0.3) is 11.4 Å². The van der Waals surface area contributed by atoms with Gasteiger partial charge in [-0.1, -0.05) is 0 Å². The van der Waals surface area contributed by atoms with E-state index < -0.39 is 9.05 Å². The molecule has 0 aliphatic rings. The van der Waals surface area contributed by atoms with Crippen molar-refractivity contribution in [3.63, 3.8) is 0 Å². The molecule has 0 amide bonds. The van der Waals surface area contributed by atoms with Gasteiger partial charge in [0, 0.05) is 42.7 Å². The van der Waals surface area contributed by atoms with Crippen LogP contribution in [-0.4, -0.2) is 41.5 Å². The molecule has 21 heavy (non-hydrogen) atoms. The Morgan fingerprint density at radius 2 is 2.10 bits per heavy atom. The first-order valence-electron chi connectivity index (χ1n) is 5.88. The summed E-state index contributed by atoms with van der Waals surface area (Å²) >= 11 is 0. The highest BCUT2D eigenvalue weighted by Crippen LogP contribution is 2.21. The predicted molar refractivity (Wildman–Crippen MR) is 75.6 cm³/mol. The Hall–Kier alpha value is -1.71. The summed E-state index contributed by atoms with van der Waals surface area (Å²) in [7, 11) is 4.39. The summed E-state index contributed by atoms with van der Waals surface area (Å²) in [5.41, 5.74) is 0.206. The normalized spacial score (nSPS) is 11.8. The van der Waals surface area contributed by atoms with Crippen molar-refractivity contribution >= 4 is 19.7 Å². The highest BCUT2D eigenvalue weighted by atomic mass is 35.7. The summed E-state index contributed by atoms with van der Waals surface area (Å²) in [4.78, 5) is 11.7. The predicted octanol–water partition coefficient (Wildman–Crippen LogP) is 0.218. The van der Waals surface area contributed by atoms with Crippen LogP contribution < -0.4 is 5.56 Å². The number of nitrogens with zero attached hydrogens (tertiary/aromatic N) is 4. The van der Waals surface area contributed by atoms with Gasteiger partial charge in [0.2, 0.25) is 0 Å². The van der Waals surface area contributed by atoms with Gasteiger partial charge in [0.1, 0.15) is 0 Å². The van der Waals surface area contributed by atoms with Gasteiger partial charge in [0.25, 0.3) is 19.8 Å². The molecule has 2 rings (SSSR count). The van der Waals surface area contributed by atoms with Crippen LogP contribution in [0.2, 0.25) is 0 Å². The quantitative estimate of drug-likeness (QED) is 0.727. The maximum absolute atomic E-state index is 11.7. The lowest BCUT2D eigenvalue weighted by atomic mass is 10.2. The lowest BCUT2D eigenvalue weighted by Gasteiger charge is -2.08. The van der Waals surface area contributed by atoms with Crippen LogP contribution in [0.15, 0.2) is 28.3 Å². The van der Waals surface area contributed by atoms with Crippen molar-refractivity contribution in [2.24, 2.45) is 7.05 Å². The van der Waals surface area contributed by atoms with Crippen LogP contribution in [0.5, 0.6) is 0 Å². The first kappa shape index (κ1) is 15.7. The van der Waals surface area contributed by atoms with Crippen LogP contribution in [0, 0.1) is 0 Å². The molecule has 8 nitrogen and oxygen atoms in total. The van der Waals surface area contributed by atoms with Crippen molar-refractivity contribution in [2.45, 2.75) is 11.7 Å². The van der Waals surface area contributed by atoms with Crippen LogP contribution in [0.1, 0.15) is 0 Å². The summed E-state index contributed by atoms with van der Waals surface area (Å²) in [5.74, 6) is 0.240. The lowest BCUT2D eigenvalue weighted by Crippen LogP contribution is -2.16. The molecule has 2 aromatic heterocycles. The molecule has 2 aromatic rings. The fourth-order valence-electron chi connectivity index (χ4n) is 1.75. The number of aromatic nitrogens is 4. The van der Waals surface area contributed by atoms with Crippen LogP contribution in [0.3, 0.4) is 0 Å². The highest BCUT2D eigenvalue weighted by molar-refractivity contribution is 8.13. The molecule has 10 heteroatoms. The fraction of sp³-hybridized carbons (Fsp3) is 0.364. The molecule has 0 aliphatic heterocycles. The van der Waals surface area contributed by atoms with Gasteiger partial charge in [-0.25, -0.2) is 8.42 Å². The third kappa shape index (κ3) is 3.31. The Kier molecular flexibility index (Phi) is 4.45. The van der Waals surface area contributed by atoms with E-state index in [1.54, 1.807) is 19.3 Å². The van der Waals surface area contributed by atoms with Gasteiger partial charge < -0.3 is 9.30 Å². The van der Waals surface area contributed by atoms with Gasteiger partial charge >= 0.3 is 0 Å². The van der Waals surface area contributed by atoms with Gasteiger partial charge in [-0.3, -0.25) is 9.36 Å². The average Bonchev–Trinajstić information content (AvgIpc) is 2.83. The van der Waals surface area contributed by atoms with Crippen LogP contribution in [0.4, 0.5) is 0 Å². The Morgan fingerprint density at radius 1 is 1.38 bits per heavy atom. The summed E-state index contributed by atoms with van der Waals surface area (Å²) in [6, 6.07) is 2.98. The zero-order chi connectivity index (χ0) is 15.6. The van der Waals surface area contributed by atoms with E-state index in [0.717, 1.165) is 0 Å². The molecular formula is C11H13ClN4O4S. The molecule has 0 unspecified atom stereocenters. The zero-order valence-electron chi connectivity index (χ0n) is 11.4. The third-order valence-corrected chi connectivity index (χ3v) is 3.97. The number of rotatable bonds is 5. The Bertz CT molecular complexity index is 812. The second kappa shape index (κ2) is 5.96. The zero-order valence-corrected chi connectivity index (χ0v) is 12.9. The molecule has 0 aliphatic carbocycles. The fourth-order valence-corrected chi connectivity index (χ4v) is 2.68. The van der Waals surface area contributed by atoms with Gasteiger partial charge in [-0.2, -0.15) is 0 Å². The lowest BCUT2D eigenvalue weighted by molar-refractivity contribution is 0.185. The summed E-state index contributed by atoms with van der Waals surface area (Å²) in [6.45, 7) is 0.435. The molecule has 0 N–H and O–H groups in total. The maximum atomic E-state index is 11.7. The van der Waals surface area contributed by atoms with E-state index in [1.807, 2.05) is 0 Å². The summed E-state index contributed by atoms with van der Waals surface area (Å²) in [6.07, 6.45) is 1.56. The first-order chi connectivity index (χ1) is 9.84. The highest BCUT2D eigenvalue weighted by Gasteiger charge is 2.23. The van der Waals surface area contributed by atoms with Crippen molar-refractivity contribution < 1.29 is 13.2 Å². The van der Waals surface area contributed by atoms with E-state index in [2.05, 4.69) is 10.2 Å². The number of aryl methyl sites for hydroxylation is 1. The number of methoxy groups -OCH3 is 1. The number of hydrogen-bond acceptors (Lipinski definition) is 6. The van der Waals surface area contributed by atoms with E-state index in [9.17, 15) is 13.2 Å². The molecule has 0 bridgehead atoms. The van der Waals surface area contributed by atoms with E-state index in [4.69, 9.17) is 15.4 Å². The standard InChI is InChI=1S/C11H13ClN4O4S/c1-15-4-3-8(7-9(15)17)10-13-14-11(21(12,18)19)16(10)5-6-20-2/h3-4,7H,5-6H2,1-2H3. The SMILES string of the molecule is COCCn1c(-c2ccn(C)c(=O)c2)nnc1S(=O)(=O)Cl. The largest absolute Gasteiger partial charge is 0.383 e. The molecule has 0 aromatic carbocycles. The minimum Gasteiger partial charge on any atom is -0.383 e. The first-order valence-corrected chi connectivity index (χ1v) is 8.19. The molecule has 0 fully saturated rings. The Morgan fingerprint density at radius 3 is 2.67 bits per heavy atom. The molecular weight excluding hydrogens is 320 g/mol. The Labute approximate surface area is 125 Å². The number of ether oxygens (including phenoxy) is 1. The van der Waals surface area contributed by atoms with Crippen molar-refractivity contribution in [3.8, 4) is 11.4 Å². The second-order valence-electron chi connectivity index (χ2n) is 4.25. The summed E-state index contributed by atoms with van der Waals surface area (Å²) < 4.78 is 30.7. The smallest absolute Gasteiger partial charge is 0.296 e.